The number of carbonyl (C=O) groups excluding carboxylic acids is 1. The number of amides is 1. The molecular weight excluding hydrogens is 132 g/mol. The molecule has 0 atom stereocenters. The van der Waals surface area contributed by atoms with Gasteiger partial charge in [0.15, 0.2) is 0 Å². The number of rotatable bonds is 4. The van der Waals surface area contributed by atoms with Crippen LogP contribution in [0.25, 0.3) is 0 Å². The predicted molar refractivity (Wildman–Crippen MR) is 37.0 cm³/mol. The standard InChI is InChI=1S/C6H14N2O2/c1-2-3-4-5-6(9)8(7)10/h10H,2-5,7H2,1H3. The summed E-state index contributed by atoms with van der Waals surface area (Å²) in [6, 6.07) is 0. The van der Waals surface area contributed by atoms with Crippen LogP contribution in [-0.2, 0) is 4.79 Å². The average Bonchev–Trinajstić information content (AvgIpc) is 1.88. The molecule has 0 saturated heterocycles. The summed E-state index contributed by atoms with van der Waals surface area (Å²) in [5, 5.41) is 8.53. The zero-order chi connectivity index (χ0) is 7.98. The first-order valence-corrected chi connectivity index (χ1v) is 3.45. The number of nitrogens with two attached hydrogens (primary N) is 1. The van der Waals surface area contributed by atoms with E-state index >= 15 is 0 Å². The predicted octanol–water partition coefficient (Wildman–Crippen LogP) is 0.658. The molecule has 4 nitrogen and oxygen atoms in total. The fourth-order valence-electron chi connectivity index (χ4n) is 0.641. The molecule has 0 spiro atoms. The summed E-state index contributed by atoms with van der Waals surface area (Å²) in [5.74, 6) is 4.33. The van der Waals surface area contributed by atoms with Gasteiger partial charge in [0.05, 0.1) is 0 Å². The van der Waals surface area contributed by atoms with E-state index in [1.54, 1.807) is 0 Å². The van der Waals surface area contributed by atoms with Crippen molar-refractivity contribution in [1.82, 2.24) is 5.17 Å². The van der Waals surface area contributed by atoms with Crippen LogP contribution in [0, 0.1) is 0 Å². The van der Waals surface area contributed by atoms with Gasteiger partial charge in [0.2, 0.25) is 0 Å². The lowest BCUT2D eigenvalue weighted by atomic mass is 10.2. The molecule has 1 amide bonds. The minimum Gasteiger partial charge on any atom is -0.271 e. The van der Waals surface area contributed by atoms with E-state index in [1.165, 1.54) is 0 Å². The van der Waals surface area contributed by atoms with Gasteiger partial charge in [-0.2, -0.15) is 5.17 Å². The Bertz CT molecular complexity index is 104. The maximum atomic E-state index is 10.6. The average molecular weight is 146 g/mol. The molecule has 60 valence electrons. The third kappa shape index (κ3) is 4.29. The zero-order valence-electron chi connectivity index (χ0n) is 6.21. The van der Waals surface area contributed by atoms with Crippen molar-refractivity contribution in [3.63, 3.8) is 0 Å². The number of nitrogens with zero attached hydrogens (tertiary/aromatic N) is 1. The summed E-state index contributed by atoms with van der Waals surface area (Å²) in [4.78, 5) is 10.6. The summed E-state index contributed by atoms with van der Waals surface area (Å²) < 4.78 is 0. The van der Waals surface area contributed by atoms with Crippen LogP contribution >= 0.6 is 0 Å². The smallest absolute Gasteiger partial charge is 0.260 e. The lowest BCUT2D eigenvalue weighted by Crippen LogP contribution is -2.33. The summed E-state index contributed by atoms with van der Waals surface area (Å²) in [6.45, 7) is 2.05. The van der Waals surface area contributed by atoms with E-state index in [9.17, 15) is 4.79 Å². The molecule has 0 heterocycles. The van der Waals surface area contributed by atoms with E-state index in [-0.39, 0.29) is 5.17 Å². The molecule has 0 bridgehead atoms. The lowest BCUT2D eigenvalue weighted by molar-refractivity contribution is -0.166. The highest BCUT2D eigenvalue weighted by Gasteiger charge is 2.03. The van der Waals surface area contributed by atoms with Crippen molar-refractivity contribution in [2.45, 2.75) is 32.6 Å². The van der Waals surface area contributed by atoms with E-state index in [4.69, 9.17) is 11.0 Å². The SMILES string of the molecule is CCCCCC(=O)N(N)O. The van der Waals surface area contributed by atoms with Crippen molar-refractivity contribution in [3.05, 3.63) is 0 Å². The van der Waals surface area contributed by atoms with E-state index in [0.717, 1.165) is 19.3 Å². The molecule has 0 unspecified atom stereocenters. The lowest BCUT2D eigenvalue weighted by Gasteiger charge is -2.05. The molecule has 4 heteroatoms. The van der Waals surface area contributed by atoms with Gasteiger partial charge in [0.25, 0.3) is 5.91 Å². The zero-order valence-corrected chi connectivity index (χ0v) is 6.21. The highest BCUT2D eigenvalue weighted by molar-refractivity contribution is 5.74. The molecule has 0 radical (unpaired) electrons. The van der Waals surface area contributed by atoms with Crippen molar-refractivity contribution >= 4 is 5.91 Å². The van der Waals surface area contributed by atoms with Crippen molar-refractivity contribution in [2.24, 2.45) is 5.84 Å². The van der Waals surface area contributed by atoms with Gasteiger partial charge in [0.1, 0.15) is 0 Å². The number of unbranched alkanes of at least 4 members (excludes halogenated alkanes) is 2. The Morgan fingerprint density at radius 3 is 2.60 bits per heavy atom. The molecular formula is C6H14N2O2. The minimum atomic E-state index is -0.423. The molecule has 0 fully saturated rings. The van der Waals surface area contributed by atoms with Crippen LogP contribution < -0.4 is 5.84 Å². The summed E-state index contributed by atoms with van der Waals surface area (Å²) in [6.07, 6.45) is 3.19. The van der Waals surface area contributed by atoms with Crippen LogP contribution in [0.15, 0.2) is 0 Å². The molecule has 0 aliphatic heterocycles. The van der Waals surface area contributed by atoms with Gasteiger partial charge in [-0.3, -0.25) is 10.0 Å². The van der Waals surface area contributed by atoms with E-state index < -0.39 is 5.91 Å². The van der Waals surface area contributed by atoms with Gasteiger partial charge in [-0.15, -0.1) is 0 Å². The Morgan fingerprint density at radius 2 is 2.20 bits per heavy atom. The van der Waals surface area contributed by atoms with Crippen LogP contribution in [0.1, 0.15) is 32.6 Å². The fraction of sp³-hybridized carbons (Fsp3) is 0.833. The van der Waals surface area contributed by atoms with Crippen LogP contribution in [0.3, 0.4) is 0 Å². The number of carbonyl (C=O) groups is 1. The molecule has 0 aromatic rings. The first kappa shape index (κ1) is 9.39. The summed E-state index contributed by atoms with van der Waals surface area (Å²) in [7, 11) is 0. The van der Waals surface area contributed by atoms with Gasteiger partial charge in [0, 0.05) is 6.42 Å². The van der Waals surface area contributed by atoms with Gasteiger partial charge in [-0.1, -0.05) is 19.8 Å². The van der Waals surface area contributed by atoms with Crippen molar-refractivity contribution in [1.29, 1.82) is 0 Å². The molecule has 0 aliphatic rings. The Morgan fingerprint density at radius 1 is 1.60 bits per heavy atom. The molecule has 0 saturated carbocycles. The van der Waals surface area contributed by atoms with Crippen molar-refractivity contribution < 1.29 is 10.0 Å². The van der Waals surface area contributed by atoms with Crippen molar-refractivity contribution in [2.75, 3.05) is 0 Å². The van der Waals surface area contributed by atoms with Crippen molar-refractivity contribution in [3.8, 4) is 0 Å². The molecule has 3 N–H and O–H groups in total. The largest absolute Gasteiger partial charge is 0.271 e. The number of hydroxylamine groups is 1. The molecule has 0 aliphatic carbocycles. The first-order chi connectivity index (χ1) is 4.68. The normalized spacial score (nSPS) is 9.50. The Balaban J connectivity index is 3.22. The maximum absolute atomic E-state index is 10.6. The van der Waals surface area contributed by atoms with E-state index in [1.807, 2.05) is 6.92 Å². The van der Waals surface area contributed by atoms with Gasteiger partial charge in [-0.05, 0) is 6.42 Å². The van der Waals surface area contributed by atoms with Gasteiger partial charge < -0.3 is 0 Å². The quantitative estimate of drug-likeness (QED) is 0.201. The number of hydrogen-bond donors (Lipinski definition) is 2. The summed E-state index contributed by atoms with van der Waals surface area (Å²) in [5.41, 5.74) is 0. The molecule has 10 heavy (non-hydrogen) atoms. The summed E-state index contributed by atoms with van der Waals surface area (Å²) >= 11 is 0. The number of hydrogen-bond acceptors (Lipinski definition) is 3. The highest BCUT2D eigenvalue weighted by Crippen LogP contribution is 1.99. The third-order valence-corrected chi connectivity index (χ3v) is 1.25. The second-order valence-electron chi connectivity index (χ2n) is 2.20. The minimum absolute atomic E-state index is 0.148. The topological polar surface area (TPSA) is 66.6 Å². The Kier molecular flexibility index (Phi) is 4.88. The van der Waals surface area contributed by atoms with Crippen LogP contribution in [0.2, 0.25) is 0 Å². The molecule has 0 aromatic heterocycles. The second kappa shape index (κ2) is 5.20. The van der Waals surface area contributed by atoms with Gasteiger partial charge >= 0.3 is 0 Å². The van der Waals surface area contributed by atoms with Crippen LogP contribution in [0.4, 0.5) is 0 Å². The maximum Gasteiger partial charge on any atom is 0.260 e. The molecule has 0 rings (SSSR count). The van der Waals surface area contributed by atoms with Gasteiger partial charge in [-0.25, -0.2) is 5.84 Å². The van der Waals surface area contributed by atoms with Crippen LogP contribution in [-0.4, -0.2) is 16.3 Å². The Labute approximate surface area is 60.5 Å². The Hall–Kier alpha value is -0.610. The van der Waals surface area contributed by atoms with E-state index in [2.05, 4.69) is 0 Å². The monoisotopic (exact) mass is 146 g/mol. The first-order valence-electron chi connectivity index (χ1n) is 3.45. The fourth-order valence-corrected chi connectivity index (χ4v) is 0.641. The second-order valence-corrected chi connectivity index (χ2v) is 2.20. The molecule has 0 aromatic carbocycles. The van der Waals surface area contributed by atoms with Crippen LogP contribution in [0.5, 0.6) is 0 Å². The highest BCUT2D eigenvalue weighted by atomic mass is 16.5. The number of hydrazine groups is 1. The van der Waals surface area contributed by atoms with E-state index in [0.29, 0.717) is 6.42 Å². The third-order valence-electron chi connectivity index (χ3n) is 1.25.